The summed E-state index contributed by atoms with van der Waals surface area (Å²) in [5.74, 6) is 2.68. The van der Waals surface area contributed by atoms with Gasteiger partial charge in [-0.1, -0.05) is 27.7 Å². The molecular formula is C19H32O3S2. The van der Waals surface area contributed by atoms with E-state index in [1.807, 2.05) is 0 Å². The highest BCUT2D eigenvalue weighted by Crippen LogP contribution is 2.74. The van der Waals surface area contributed by atoms with Crippen molar-refractivity contribution >= 4 is 29.8 Å². The second-order valence-electron chi connectivity index (χ2n) is 8.77. The zero-order valence-corrected chi connectivity index (χ0v) is 17.0. The predicted octanol–water partition coefficient (Wildman–Crippen LogP) is 5.45. The van der Waals surface area contributed by atoms with Gasteiger partial charge in [0.15, 0.2) is 4.08 Å². The molecule has 5 heteroatoms. The Labute approximate surface area is 155 Å². The second-order valence-corrected chi connectivity index (χ2v) is 11.8. The summed E-state index contributed by atoms with van der Waals surface area (Å²) in [6.07, 6.45) is 6.93. The van der Waals surface area contributed by atoms with Crippen LogP contribution in [-0.2, 0) is 9.53 Å². The standard InChI is InChI=1S/C19H32O3S2/c1-12(2)7-8-19(24-21,23-13(3)4)17(20)22-11-18-14-5-6-15(18)10-16(18)9-14/h12-16,21H,5-11H2,1-4H3. The number of esters is 1. The van der Waals surface area contributed by atoms with Gasteiger partial charge in [-0.25, -0.2) is 4.79 Å². The maximum atomic E-state index is 13.0. The van der Waals surface area contributed by atoms with E-state index in [4.69, 9.17) is 4.74 Å². The summed E-state index contributed by atoms with van der Waals surface area (Å²) in [7, 11) is 0. The fourth-order valence-corrected chi connectivity index (χ4v) is 7.59. The lowest BCUT2D eigenvalue weighted by atomic mass is 9.41. The highest BCUT2D eigenvalue weighted by molar-refractivity contribution is 8.17. The summed E-state index contributed by atoms with van der Waals surface area (Å²) >= 11 is 2.24. The van der Waals surface area contributed by atoms with Crippen molar-refractivity contribution in [2.45, 2.75) is 75.5 Å². The molecule has 0 heterocycles. The Bertz CT molecular complexity index is 461. The van der Waals surface area contributed by atoms with Gasteiger partial charge < -0.3 is 9.29 Å². The smallest absolute Gasteiger partial charge is 0.334 e. The van der Waals surface area contributed by atoms with Gasteiger partial charge in [-0.05, 0) is 62.2 Å². The van der Waals surface area contributed by atoms with E-state index in [1.165, 1.54) is 25.7 Å². The summed E-state index contributed by atoms with van der Waals surface area (Å²) < 4.78 is 15.0. The molecule has 1 N–H and O–H groups in total. The maximum absolute atomic E-state index is 13.0. The average Bonchev–Trinajstić information content (AvgIpc) is 2.70. The van der Waals surface area contributed by atoms with Crippen molar-refractivity contribution in [1.82, 2.24) is 0 Å². The summed E-state index contributed by atoms with van der Waals surface area (Å²) in [5, 5.41) is 0.277. The molecule has 3 saturated carbocycles. The monoisotopic (exact) mass is 372 g/mol. The molecule has 0 aliphatic heterocycles. The molecule has 3 nitrogen and oxygen atoms in total. The largest absolute Gasteiger partial charge is 0.463 e. The second kappa shape index (κ2) is 7.03. The molecular weight excluding hydrogens is 340 g/mol. The molecule has 3 rings (SSSR count). The number of rotatable bonds is 9. The lowest BCUT2D eigenvalue weighted by Gasteiger charge is -2.64. The first-order valence-corrected chi connectivity index (χ1v) is 11.2. The number of thioether (sulfide) groups is 1. The van der Waals surface area contributed by atoms with Crippen LogP contribution in [0.4, 0.5) is 0 Å². The molecule has 138 valence electrons. The van der Waals surface area contributed by atoms with Crippen LogP contribution in [0.1, 0.15) is 66.2 Å². The third kappa shape index (κ3) is 3.03. The summed E-state index contributed by atoms with van der Waals surface area (Å²) in [4.78, 5) is 13.0. The number of hydrogen-bond acceptors (Lipinski definition) is 5. The van der Waals surface area contributed by atoms with Gasteiger partial charge in [0.25, 0.3) is 0 Å². The zero-order valence-electron chi connectivity index (χ0n) is 15.4. The van der Waals surface area contributed by atoms with E-state index in [2.05, 4.69) is 27.7 Å². The van der Waals surface area contributed by atoms with Crippen molar-refractivity contribution < 1.29 is 14.1 Å². The Morgan fingerprint density at radius 1 is 1.21 bits per heavy atom. The van der Waals surface area contributed by atoms with Gasteiger partial charge in [0.1, 0.15) is 0 Å². The Morgan fingerprint density at radius 3 is 2.29 bits per heavy atom. The fourth-order valence-electron chi connectivity index (χ4n) is 5.34. The van der Waals surface area contributed by atoms with Crippen LogP contribution in [0.3, 0.4) is 0 Å². The highest BCUT2D eigenvalue weighted by Gasteiger charge is 2.69. The lowest BCUT2D eigenvalue weighted by Crippen LogP contribution is -2.61. The normalized spacial score (nSPS) is 36.0. The van der Waals surface area contributed by atoms with Gasteiger partial charge >= 0.3 is 5.97 Å². The van der Waals surface area contributed by atoms with Crippen LogP contribution in [0, 0.1) is 29.1 Å². The maximum Gasteiger partial charge on any atom is 0.334 e. The van der Waals surface area contributed by atoms with E-state index in [-0.39, 0.29) is 11.2 Å². The van der Waals surface area contributed by atoms with E-state index >= 15 is 0 Å². The van der Waals surface area contributed by atoms with Gasteiger partial charge in [-0.2, -0.15) is 0 Å². The fraction of sp³-hybridized carbons (Fsp3) is 0.947. The minimum Gasteiger partial charge on any atom is -0.463 e. The van der Waals surface area contributed by atoms with Gasteiger partial charge in [-0.3, -0.25) is 0 Å². The molecule has 0 aromatic rings. The van der Waals surface area contributed by atoms with Crippen LogP contribution in [-0.4, -0.2) is 26.5 Å². The summed E-state index contributed by atoms with van der Waals surface area (Å²) in [5.41, 5.74) is 0.321. The molecule has 0 aromatic carbocycles. The molecule has 3 aliphatic carbocycles. The molecule has 0 saturated heterocycles. The molecule has 0 radical (unpaired) electrons. The van der Waals surface area contributed by atoms with Crippen molar-refractivity contribution in [1.29, 1.82) is 0 Å². The van der Waals surface area contributed by atoms with Gasteiger partial charge in [-0.15, -0.1) is 11.8 Å². The Balaban J connectivity index is 1.64. The van der Waals surface area contributed by atoms with Crippen molar-refractivity contribution in [2.24, 2.45) is 29.1 Å². The van der Waals surface area contributed by atoms with Crippen molar-refractivity contribution in [2.75, 3.05) is 6.61 Å². The zero-order chi connectivity index (χ0) is 17.5. The summed E-state index contributed by atoms with van der Waals surface area (Å²) in [6.45, 7) is 9.05. The van der Waals surface area contributed by atoms with Crippen LogP contribution in [0.25, 0.3) is 0 Å². The van der Waals surface area contributed by atoms with E-state index in [1.54, 1.807) is 11.8 Å². The Kier molecular flexibility index (Phi) is 5.54. The third-order valence-corrected chi connectivity index (χ3v) is 9.07. The van der Waals surface area contributed by atoms with E-state index in [0.717, 1.165) is 24.2 Å². The Morgan fingerprint density at radius 2 is 1.83 bits per heavy atom. The van der Waals surface area contributed by atoms with Crippen molar-refractivity contribution in [3.63, 3.8) is 0 Å². The Hall–Kier alpha value is 0.130. The first-order valence-electron chi connectivity index (χ1n) is 9.51. The number of hydrogen-bond donors (Lipinski definition) is 1. The third-order valence-electron chi connectivity index (χ3n) is 6.67. The number of carbonyl (C=O) groups is 1. The van der Waals surface area contributed by atoms with E-state index in [9.17, 15) is 9.35 Å². The van der Waals surface area contributed by atoms with Crippen LogP contribution in [0.5, 0.6) is 0 Å². The number of ether oxygens (including phenoxy) is 1. The highest BCUT2D eigenvalue weighted by atomic mass is 32.2. The molecule has 3 aliphatic rings. The van der Waals surface area contributed by atoms with Gasteiger partial charge in [0.05, 0.1) is 6.61 Å². The van der Waals surface area contributed by atoms with Crippen molar-refractivity contribution in [3.8, 4) is 0 Å². The summed E-state index contributed by atoms with van der Waals surface area (Å²) in [6, 6.07) is 0. The average molecular weight is 373 g/mol. The molecule has 3 unspecified atom stereocenters. The minimum absolute atomic E-state index is 0.208. The van der Waals surface area contributed by atoms with Crippen LogP contribution >= 0.6 is 23.8 Å². The van der Waals surface area contributed by atoms with E-state index in [0.29, 0.717) is 36.4 Å². The molecule has 0 spiro atoms. The van der Waals surface area contributed by atoms with Crippen LogP contribution < -0.4 is 0 Å². The van der Waals surface area contributed by atoms with Gasteiger partial charge in [0, 0.05) is 22.7 Å². The number of carbonyl (C=O) groups excluding carboxylic acids is 1. The molecule has 0 amide bonds. The first kappa shape index (κ1) is 18.9. The van der Waals surface area contributed by atoms with Gasteiger partial charge in [0.2, 0.25) is 0 Å². The quantitative estimate of drug-likeness (QED) is 0.331. The van der Waals surface area contributed by atoms with Crippen molar-refractivity contribution in [3.05, 3.63) is 0 Å². The first-order chi connectivity index (χ1) is 11.3. The van der Waals surface area contributed by atoms with Crippen LogP contribution in [0.15, 0.2) is 0 Å². The lowest BCUT2D eigenvalue weighted by molar-refractivity contribution is -0.200. The minimum atomic E-state index is -0.864. The predicted molar refractivity (Wildman–Crippen MR) is 102 cm³/mol. The molecule has 3 atom stereocenters. The molecule has 24 heavy (non-hydrogen) atoms. The SMILES string of the molecule is CC(C)CCC(SO)(SC(C)C)C(=O)OCC12C3CCC1CC2C3. The molecule has 0 bridgehead atoms. The van der Waals surface area contributed by atoms with Crippen LogP contribution in [0.2, 0.25) is 0 Å². The molecule has 0 aromatic heterocycles. The topological polar surface area (TPSA) is 46.5 Å². The molecule has 3 fully saturated rings. The van der Waals surface area contributed by atoms with E-state index < -0.39 is 4.08 Å².